The number of rotatable bonds is 9. The van der Waals surface area contributed by atoms with Crippen LogP contribution in [0.15, 0.2) is 71.4 Å². The van der Waals surface area contributed by atoms with Gasteiger partial charge in [-0.15, -0.1) is 5.10 Å². The number of amides is 1. The van der Waals surface area contributed by atoms with E-state index in [1.165, 1.54) is 6.07 Å². The van der Waals surface area contributed by atoms with Crippen molar-refractivity contribution < 1.29 is 23.2 Å². The van der Waals surface area contributed by atoms with Gasteiger partial charge < -0.3 is 19.1 Å². The zero-order valence-corrected chi connectivity index (χ0v) is 28.0. The molecule has 0 atom stereocenters. The Balaban J connectivity index is 1.13. The van der Waals surface area contributed by atoms with Gasteiger partial charge in [0, 0.05) is 29.4 Å². The molecule has 4 heterocycles. The van der Waals surface area contributed by atoms with Crippen LogP contribution >= 0.6 is 0 Å². The van der Waals surface area contributed by atoms with Crippen molar-refractivity contribution >= 4 is 23.0 Å². The Labute approximate surface area is 282 Å². The Bertz CT molecular complexity index is 2220. The Hall–Kier alpha value is -5.65. The summed E-state index contributed by atoms with van der Waals surface area (Å²) in [6.45, 7) is 9.94. The highest BCUT2D eigenvalue weighted by molar-refractivity contribution is 6.07. The lowest BCUT2D eigenvalue weighted by Crippen LogP contribution is -2.24. The molecule has 0 radical (unpaired) electrons. The highest BCUT2D eigenvalue weighted by atomic mass is 19.1. The van der Waals surface area contributed by atoms with E-state index in [1.54, 1.807) is 28.9 Å². The van der Waals surface area contributed by atoms with Crippen molar-refractivity contribution in [1.29, 1.82) is 0 Å². The van der Waals surface area contributed by atoms with Crippen LogP contribution in [0.1, 0.15) is 88.6 Å². The molecule has 1 saturated carbocycles. The van der Waals surface area contributed by atoms with Gasteiger partial charge in [-0.3, -0.25) is 4.79 Å². The second-order valence-electron chi connectivity index (χ2n) is 13.4. The molecule has 0 bridgehead atoms. The molecule has 12 heteroatoms. The molecule has 0 aliphatic heterocycles. The summed E-state index contributed by atoms with van der Waals surface area (Å²) in [5.41, 5.74) is 5.63. The molecule has 2 aromatic carbocycles. The Kier molecular flexibility index (Phi) is 8.09. The molecule has 1 aliphatic carbocycles. The maximum Gasteiger partial charge on any atom is 0.340 e. The fourth-order valence-corrected chi connectivity index (χ4v) is 5.98. The van der Waals surface area contributed by atoms with E-state index in [9.17, 15) is 14.0 Å². The number of pyridine rings is 1. The molecule has 11 nitrogen and oxygen atoms in total. The van der Waals surface area contributed by atoms with Crippen LogP contribution in [-0.4, -0.2) is 47.2 Å². The summed E-state index contributed by atoms with van der Waals surface area (Å²) in [6.07, 6.45) is 3.75. The third kappa shape index (κ3) is 6.46. The number of para-hydroxylation sites is 1. The summed E-state index contributed by atoms with van der Waals surface area (Å²) in [4.78, 5) is 31.2. The van der Waals surface area contributed by atoms with Gasteiger partial charge in [-0.2, -0.15) is 0 Å². The number of hydrogen-bond donors (Lipinski definition) is 1. The van der Waals surface area contributed by atoms with E-state index >= 15 is 0 Å². The maximum absolute atomic E-state index is 14.8. The molecular formula is C37H36FN7O4. The van der Waals surface area contributed by atoms with Crippen molar-refractivity contribution in [2.75, 3.05) is 0 Å². The summed E-state index contributed by atoms with van der Waals surface area (Å²) in [5.74, 6) is -0.966. The highest BCUT2D eigenvalue weighted by Gasteiger charge is 2.32. The predicted octanol–water partition coefficient (Wildman–Crippen LogP) is 6.84. The van der Waals surface area contributed by atoms with Gasteiger partial charge in [-0.25, -0.2) is 18.9 Å². The van der Waals surface area contributed by atoms with E-state index in [0.717, 1.165) is 35.5 Å². The van der Waals surface area contributed by atoms with E-state index in [1.807, 2.05) is 75.7 Å². The van der Waals surface area contributed by atoms with Gasteiger partial charge >= 0.3 is 5.97 Å². The van der Waals surface area contributed by atoms with Crippen LogP contribution in [0.3, 0.4) is 0 Å². The van der Waals surface area contributed by atoms with Crippen LogP contribution < -0.4 is 5.32 Å². The van der Waals surface area contributed by atoms with Crippen molar-refractivity contribution in [1.82, 2.24) is 35.0 Å². The number of halogens is 1. The third-order valence-corrected chi connectivity index (χ3v) is 8.56. The molecular weight excluding hydrogens is 625 g/mol. The number of nitrogens with zero attached hydrogens (tertiary/aromatic N) is 6. The molecule has 49 heavy (non-hydrogen) atoms. The molecule has 250 valence electrons. The molecule has 1 N–H and O–H groups in total. The first kappa shape index (κ1) is 31.9. The zero-order valence-electron chi connectivity index (χ0n) is 28.0. The number of carbonyl (C=O) groups is 2. The maximum atomic E-state index is 14.8. The lowest BCUT2D eigenvalue weighted by molar-refractivity contribution is 0.00684. The minimum Gasteiger partial charge on any atom is -0.456 e. The van der Waals surface area contributed by atoms with Crippen LogP contribution in [-0.2, 0) is 17.8 Å². The average Bonchev–Trinajstić information content (AvgIpc) is 3.53. The van der Waals surface area contributed by atoms with E-state index in [4.69, 9.17) is 9.26 Å². The second-order valence-corrected chi connectivity index (χ2v) is 13.4. The monoisotopic (exact) mass is 661 g/mol. The summed E-state index contributed by atoms with van der Waals surface area (Å²) >= 11 is 0. The summed E-state index contributed by atoms with van der Waals surface area (Å²) < 4.78 is 29.6. The molecule has 0 saturated heterocycles. The molecule has 1 fully saturated rings. The van der Waals surface area contributed by atoms with Crippen LogP contribution in [0.2, 0.25) is 0 Å². The van der Waals surface area contributed by atoms with Gasteiger partial charge in [0.25, 0.3) is 11.6 Å². The van der Waals surface area contributed by atoms with Gasteiger partial charge in [0.15, 0.2) is 0 Å². The van der Waals surface area contributed by atoms with Crippen LogP contribution in [0.4, 0.5) is 4.39 Å². The quantitative estimate of drug-likeness (QED) is 0.167. The minimum absolute atomic E-state index is 0.183. The lowest BCUT2D eigenvalue weighted by atomic mass is 10.0. The zero-order chi connectivity index (χ0) is 34.4. The second kappa shape index (κ2) is 12.4. The van der Waals surface area contributed by atoms with Crippen LogP contribution in [0, 0.1) is 19.7 Å². The van der Waals surface area contributed by atoms with Crippen molar-refractivity contribution in [3.63, 3.8) is 0 Å². The standard InChI is InChI=1S/C37H36FN7O4/c1-21-16-27(36(47)48-37(3,4)5)22(2)44(21)19-25-20-45(43-41-25)31-13-9-6-10-24(31)18-39-34(46)28-17-30(26-11-7-8-12-29(26)38)40-35-32(28)33(42-49-35)23-14-15-23/h6-13,16-17,20,23H,14-15,18-19H2,1-5H3,(H,39,46). The van der Waals surface area contributed by atoms with Crippen molar-refractivity contribution in [3.8, 4) is 16.9 Å². The van der Waals surface area contributed by atoms with E-state index in [0.29, 0.717) is 34.4 Å². The third-order valence-electron chi connectivity index (χ3n) is 8.56. The molecule has 1 amide bonds. The first-order valence-corrected chi connectivity index (χ1v) is 16.2. The SMILES string of the molecule is Cc1cc(C(=O)OC(C)(C)C)c(C)n1Cc1cn(-c2ccccc2CNC(=O)c2cc(-c3ccccc3F)nc3onc(C4CC4)c23)nn1. The molecule has 0 spiro atoms. The summed E-state index contributed by atoms with van der Waals surface area (Å²) in [7, 11) is 0. The number of benzene rings is 2. The molecule has 4 aromatic heterocycles. The Morgan fingerprint density at radius 1 is 1.04 bits per heavy atom. The molecule has 1 aliphatic rings. The smallest absolute Gasteiger partial charge is 0.340 e. The van der Waals surface area contributed by atoms with Gasteiger partial charge in [0.1, 0.15) is 17.1 Å². The lowest BCUT2D eigenvalue weighted by Gasteiger charge is -2.19. The number of nitrogens with one attached hydrogen (secondary N) is 1. The number of hydrogen-bond acceptors (Lipinski definition) is 8. The summed E-state index contributed by atoms with van der Waals surface area (Å²) in [5, 5.41) is 16.6. The van der Waals surface area contributed by atoms with Crippen molar-refractivity contribution in [2.24, 2.45) is 0 Å². The Morgan fingerprint density at radius 2 is 1.80 bits per heavy atom. The van der Waals surface area contributed by atoms with Crippen LogP contribution in [0.25, 0.3) is 28.0 Å². The van der Waals surface area contributed by atoms with Gasteiger partial charge in [-0.1, -0.05) is 40.7 Å². The van der Waals surface area contributed by atoms with Gasteiger partial charge in [0.05, 0.1) is 46.3 Å². The first-order chi connectivity index (χ1) is 23.5. The summed E-state index contributed by atoms with van der Waals surface area (Å²) in [6, 6.07) is 17.3. The largest absolute Gasteiger partial charge is 0.456 e. The topological polar surface area (TPSA) is 130 Å². The predicted molar refractivity (Wildman–Crippen MR) is 180 cm³/mol. The minimum atomic E-state index is -0.597. The number of fused-ring (bicyclic) bond motifs is 1. The molecule has 6 aromatic rings. The van der Waals surface area contributed by atoms with E-state index in [-0.39, 0.29) is 41.3 Å². The number of carbonyl (C=O) groups excluding carboxylic acids is 2. The normalized spacial score (nSPS) is 13.2. The van der Waals surface area contributed by atoms with Crippen molar-refractivity contribution in [3.05, 3.63) is 112 Å². The number of aryl methyl sites for hydroxylation is 1. The van der Waals surface area contributed by atoms with Crippen molar-refractivity contribution in [2.45, 2.75) is 72.1 Å². The number of ether oxygens (including phenoxy) is 1. The first-order valence-electron chi connectivity index (χ1n) is 16.2. The number of esters is 1. The number of aromatic nitrogens is 6. The molecule has 0 unspecified atom stereocenters. The van der Waals surface area contributed by atoms with E-state index < -0.39 is 11.4 Å². The van der Waals surface area contributed by atoms with Gasteiger partial charge in [-0.05, 0) is 83.4 Å². The fraction of sp³-hybridized carbons (Fsp3) is 0.297. The van der Waals surface area contributed by atoms with E-state index in [2.05, 4.69) is 25.8 Å². The fourth-order valence-electron chi connectivity index (χ4n) is 5.98. The van der Waals surface area contributed by atoms with Gasteiger partial charge in [0.2, 0.25) is 0 Å². The Morgan fingerprint density at radius 3 is 2.55 bits per heavy atom. The van der Waals surface area contributed by atoms with Crippen LogP contribution in [0.5, 0.6) is 0 Å². The molecule has 7 rings (SSSR count). The average molecular weight is 662 g/mol. The highest BCUT2D eigenvalue weighted by Crippen LogP contribution is 2.43.